The van der Waals surface area contributed by atoms with Gasteiger partial charge in [-0.1, -0.05) is 26.0 Å². The van der Waals surface area contributed by atoms with Gasteiger partial charge in [-0.15, -0.1) is 0 Å². The van der Waals surface area contributed by atoms with Gasteiger partial charge in [-0.25, -0.2) is 0 Å². The molecular weight excluding hydrogens is 198 g/mol. The molecular formula is C14H19NO. The second-order valence-corrected chi connectivity index (χ2v) is 4.91. The topological polar surface area (TPSA) is 25.2 Å². The van der Waals surface area contributed by atoms with Crippen LogP contribution in [0.4, 0.5) is 0 Å². The van der Waals surface area contributed by atoms with Crippen LogP contribution in [0.3, 0.4) is 0 Å². The molecule has 0 fully saturated rings. The maximum Gasteiger partial charge on any atom is 0.134 e. The van der Waals surface area contributed by atoms with Crippen LogP contribution in [-0.2, 0) is 5.41 Å². The number of nitrogens with one attached hydrogen (secondary N) is 1. The second kappa shape index (κ2) is 3.95. The van der Waals surface area contributed by atoms with E-state index in [1.54, 1.807) is 6.26 Å². The highest BCUT2D eigenvalue weighted by molar-refractivity contribution is 5.77. The summed E-state index contributed by atoms with van der Waals surface area (Å²) < 4.78 is 5.45. The van der Waals surface area contributed by atoms with E-state index in [1.165, 1.54) is 5.56 Å². The third kappa shape index (κ3) is 1.74. The molecule has 0 aliphatic carbocycles. The van der Waals surface area contributed by atoms with E-state index < -0.39 is 0 Å². The van der Waals surface area contributed by atoms with Crippen molar-refractivity contribution < 1.29 is 4.42 Å². The number of fused-ring (bicyclic) bond motifs is 1. The summed E-state index contributed by atoms with van der Waals surface area (Å²) >= 11 is 0. The molecule has 86 valence electrons. The maximum absolute atomic E-state index is 5.45. The van der Waals surface area contributed by atoms with Gasteiger partial charge in [0.25, 0.3) is 0 Å². The van der Waals surface area contributed by atoms with Crippen LogP contribution in [0.25, 0.3) is 11.0 Å². The first-order valence-corrected chi connectivity index (χ1v) is 5.70. The average molecular weight is 217 g/mol. The second-order valence-electron chi connectivity index (χ2n) is 4.91. The van der Waals surface area contributed by atoms with Gasteiger partial charge < -0.3 is 9.73 Å². The van der Waals surface area contributed by atoms with Crippen LogP contribution in [0.1, 0.15) is 26.3 Å². The lowest BCUT2D eigenvalue weighted by Crippen LogP contribution is -2.40. The summed E-state index contributed by atoms with van der Waals surface area (Å²) in [6.07, 6.45) is 1.74. The molecule has 0 aliphatic heterocycles. The Bertz CT molecular complexity index is 484. The Morgan fingerprint density at radius 2 is 2.00 bits per heavy atom. The molecule has 1 unspecified atom stereocenters. The van der Waals surface area contributed by atoms with Crippen molar-refractivity contribution in [2.24, 2.45) is 0 Å². The van der Waals surface area contributed by atoms with Crippen molar-refractivity contribution in [3.8, 4) is 0 Å². The molecule has 0 aliphatic rings. The Morgan fingerprint density at radius 3 is 2.69 bits per heavy atom. The highest BCUT2D eigenvalue weighted by Gasteiger charge is 2.27. The van der Waals surface area contributed by atoms with Crippen molar-refractivity contribution in [2.45, 2.75) is 32.2 Å². The molecule has 2 rings (SSSR count). The Morgan fingerprint density at radius 1 is 1.25 bits per heavy atom. The van der Waals surface area contributed by atoms with Crippen molar-refractivity contribution in [3.63, 3.8) is 0 Å². The molecule has 1 heterocycles. The average Bonchev–Trinajstić information content (AvgIpc) is 2.74. The van der Waals surface area contributed by atoms with E-state index in [9.17, 15) is 0 Å². The maximum atomic E-state index is 5.45. The molecule has 0 bridgehead atoms. The van der Waals surface area contributed by atoms with Gasteiger partial charge in [0.2, 0.25) is 0 Å². The summed E-state index contributed by atoms with van der Waals surface area (Å²) in [5, 5.41) is 4.48. The smallest absolute Gasteiger partial charge is 0.134 e. The van der Waals surface area contributed by atoms with E-state index in [2.05, 4.69) is 44.3 Å². The Balaban J connectivity index is 2.45. The zero-order chi connectivity index (χ0) is 11.8. The third-order valence-corrected chi connectivity index (χ3v) is 3.72. The number of hydrogen-bond acceptors (Lipinski definition) is 2. The normalized spacial score (nSPS) is 14.2. The molecule has 0 saturated carbocycles. The molecule has 2 heteroatoms. The lowest BCUT2D eigenvalue weighted by Gasteiger charge is -2.32. The van der Waals surface area contributed by atoms with E-state index >= 15 is 0 Å². The lowest BCUT2D eigenvalue weighted by molar-refractivity contribution is 0.383. The molecule has 0 spiro atoms. The number of benzene rings is 1. The van der Waals surface area contributed by atoms with Crippen molar-refractivity contribution in [2.75, 3.05) is 7.05 Å². The third-order valence-electron chi connectivity index (χ3n) is 3.72. The Labute approximate surface area is 96.6 Å². The minimum atomic E-state index is 0.0930. The molecule has 1 aromatic heterocycles. The highest BCUT2D eigenvalue weighted by atomic mass is 16.3. The predicted octanol–water partition coefficient (Wildman–Crippen LogP) is 3.32. The molecule has 2 nitrogen and oxygen atoms in total. The van der Waals surface area contributed by atoms with Gasteiger partial charge in [-0.3, -0.25) is 0 Å². The van der Waals surface area contributed by atoms with Crippen LogP contribution in [0.15, 0.2) is 34.9 Å². The monoisotopic (exact) mass is 217 g/mol. The fraction of sp³-hybridized carbons (Fsp3) is 0.429. The van der Waals surface area contributed by atoms with Crippen LogP contribution < -0.4 is 5.32 Å². The van der Waals surface area contributed by atoms with Crippen molar-refractivity contribution >= 4 is 11.0 Å². The van der Waals surface area contributed by atoms with E-state index in [0.717, 1.165) is 11.0 Å². The minimum Gasteiger partial charge on any atom is -0.464 e. The molecule has 0 saturated heterocycles. The van der Waals surface area contributed by atoms with Gasteiger partial charge in [0.15, 0.2) is 0 Å². The Kier molecular flexibility index (Phi) is 2.76. The first-order valence-electron chi connectivity index (χ1n) is 5.70. The van der Waals surface area contributed by atoms with Crippen LogP contribution in [0.2, 0.25) is 0 Å². The van der Waals surface area contributed by atoms with Gasteiger partial charge in [0.1, 0.15) is 5.58 Å². The predicted molar refractivity (Wildman–Crippen MR) is 67.8 cm³/mol. The molecule has 1 aromatic carbocycles. The van der Waals surface area contributed by atoms with E-state index in [-0.39, 0.29) is 5.41 Å². The number of hydrogen-bond donors (Lipinski definition) is 1. The van der Waals surface area contributed by atoms with Gasteiger partial charge in [0.05, 0.1) is 6.26 Å². The zero-order valence-corrected chi connectivity index (χ0v) is 10.4. The van der Waals surface area contributed by atoms with Gasteiger partial charge in [-0.2, -0.15) is 0 Å². The number of furan rings is 1. The fourth-order valence-electron chi connectivity index (χ4n) is 1.97. The van der Waals surface area contributed by atoms with Crippen LogP contribution in [-0.4, -0.2) is 13.1 Å². The van der Waals surface area contributed by atoms with E-state index in [1.807, 2.05) is 13.1 Å². The first-order chi connectivity index (χ1) is 7.55. The molecule has 0 radical (unpaired) electrons. The summed E-state index contributed by atoms with van der Waals surface area (Å²) in [6.45, 7) is 6.70. The largest absolute Gasteiger partial charge is 0.464 e. The lowest BCUT2D eigenvalue weighted by atomic mass is 9.78. The minimum absolute atomic E-state index is 0.0930. The molecule has 0 amide bonds. The van der Waals surface area contributed by atoms with E-state index in [0.29, 0.717) is 6.04 Å². The standard InChI is InChI=1S/C14H19NO/c1-10(15-4)14(2,3)12-6-5-11-7-8-16-13(11)9-12/h5-10,15H,1-4H3. The molecule has 1 N–H and O–H groups in total. The van der Waals surface area contributed by atoms with E-state index in [4.69, 9.17) is 4.42 Å². The highest BCUT2D eigenvalue weighted by Crippen LogP contribution is 2.29. The molecule has 1 atom stereocenters. The summed E-state index contributed by atoms with van der Waals surface area (Å²) in [5.41, 5.74) is 2.36. The Hall–Kier alpha value is -1.28. The van der Waals surface area contributed by atoms with Crippen LogP contribution in [0, 0.1) is 0 Å². The molecule has 16 heavy (non-hydrogen) atoms. The quantitative estimate of drug-likeness (QED) is 0.853. The van der Waals surface area contributed by atoms with Crippen molar-refractivity contribution in [3.05, 3.63) is 36.1 Å². The SMILES string of the molecule is CNC(C)C(C)(C)c1ccc2ccoc2c1. The zero-order valence-electron chi connectivity index (χ0n) is 10.4. The summed E-state index contributed by atoms with van der Waals surface area (Å²) in [4.78, 5) is 0. The van der Waals surface area contributed by atoms with Gasteiger partial charge in [0, 0.05) is 16.8 Å². The first kappa shape index (κ1) is 11.2. The number of likely N-dealkylation sites (N-methyl/N-ethyl adjacent to an activating group) is 1. The fourth-order valence-corrected chi connectivity index (χ4v) is 1.97. The summed E-state index contributed by atoms with van der Waals surface area (Å²) in [6, 6.07) is 8.86. The van der Waals surface area contributed by atoms with Gasteiger partial charge >= 0.3 is 0 Å². The van der Waals surface area contributed by atoms with Gasteiger partial charge in [-0.05, 0) is 31.7 Å². The van der Waals surface area contributed by atoms with Crippen LogP contribution in [0.5, 0.6) is 0 Å². The van der Waals surface area contributed by atoms with Crippen molar-refractivity contribution in [1.82, 2.24) is 5.32 Å². The number of rotatable bonds is 3. The summed E-state index contributed by atoms with van der Waals surface area (Å²) in [7, 11) is 2.00. The molecule has 2 aromatic rings. The van der Waals surface area contributed by atoms with Crippen molar-refractivity contribution in [1.29, 1.82) is 0 Å². The summed E-state index contributed by atoms with van der Waals surface area (Å²) in [5.74, 6) is 0. The van der Waals surface area contributed by atoms with Crippen LogP contribution >= 0.6 is 0 Å².